The van der Waals surface area contributed by atoms with Gasteiger partial charge in [0.1, 0.15) is 6.04 Å². The molecule has 1 aromatic heterocycles. The number of carbonyl (C=O) groups is 2. The Balaban J connectivity index is 1.64. The largest absolute Gasteiger partial charge is 0.322 e. The Morgan fingerprint density at radius 3 is 2.69 bits per heavy atom. The Morgan fingerprint density at radius 1 is 1.19 bits per heavy atom. The zero-order chi connectivity index (χ0) is 18.7. The molecular weight excluding hydrogens is 346 g/mol. The Morgan fingerprint density at radius 2 is 1.96 bits per heavy atom. The molecule has 0 aliphatic heterocycles. The highest BCUT2D eigenvalue weighted by molar-refractivity contribution is 7.18. The molecule has 0 radical (unpaired) electrons. The molecule has 6 heteroatoms. The second-order valence-electron chi connectivity index (χ2n) is 6.45. The van der Waals surface area contributed by atoms with Gasteiger partial charge in [-0.3, -0.25) is 9.59 Å². The maximum atomic E-state index is 12.4. The van der Waals surface area contributed by atoms with Crippen LogP contribution in [-0.4, -0.2) is 30.3 Å². The Bertz CT molecular complexity index is 918. The van der Waals surface area contributed by atoms with Gasteiger partial charge in [-0.1, -0.05) is 24.3 Å². The molecule has 0 aliphatic rings. The lowest BCUT2D eigenvalue weighted by Gasteiger charge is -2.19. The van der Waals surface area contributed by atoms with E-state index in [0.29, 0.717) is 17.8 Å². The fourth-order valence-corrected chi connectivity index (χ4v) is 3.83. The zero-order valence-electron chi connectivity index (χ0n) is 15.1. The number of amides is 1. The third-order valence-electron chi connectivity index (χ3n) is 4.41. The standard InChI is InChI=1S/C20H21N3O2S/c1-13(20-22-17-9-4-5-10-18(17)26-20)23(3)12-19(25)21-16-8-6-7-15(11-16)14(2)24/h4-11,13H,12H2,1-3H3,(H,21,25)/p+1/t13-/m0/s1. The first kappa shape index (κ1) is 18.2. The van der Waals surface area contributed by atoms with Crippen LogP contribution in [0.5, 0.6) is 0 Å². The third-order valence-corrected chi connectivity index (χ3v) is 5.63. The first-order chi connectivity index (χ1) is 12.4. The minimum Gasteiger partial charge on any atom is -0.322 e. The van der Waals surface area contributed by atoms with Gasteiger partial charge in [0.25, 0.3) is 5.91 Å². The molecule has 0 bridgehead atoms. The van der Waals surface area contributed by atoms with Gasteiger partial charge < -0.3 is 10.2 Å². The predicted molar refractivity (Wildman–Crippen MR) is 105 cm³/mol. The summed E-state index contributed by atoms with van der Waals surface area (Å²) in [5, 5.41) is 3.90. The molecule has 2 aromatic carbocycles. The summed E-state index contributed by atoms with van der Waals surface area (Å²) in [4.78, 5) is 29.6. The van der Waals surface area contributed by atoms with Crippen molar-refractivity contribution in [3.8, 4) is 0 Å². The number of carbonyl (C=O) groups excluding carboxylic acids is 2. The number of Topliss-reactive ketones (excluding diaryl/α,β-unsaturated/α-hetero) is 1. The molecular formula is C20H22N3O2S+. The molecule has 0 saturated heterocycles. The van der Waals surface area contributed by atoms with E-state index in [4.69, 9.17) is 0 Å². The van der Waals surface area contributed by atoms with Gasteiger partial charge in [0, 0.05) is 11.3 Å². The van der Waals surface area contributed by atoms with Gasteiger partial charge >= 0.3 is 0 Å². The Hall–Kier alpha value is -2.57. The van der Waals surface area contributed by atoms with Crippen molar-refractivity contribution in [3.05, 3.63) is 59.1 Å². The van der Waals surface area contributed by atoms with Crippen LogP contribution in [0.1, 0.15) is 35.3 Å². The van der Waals surface area contributed by atoms with Gasteiger partial charge in [-0.2, -0.15) is 0 Å². The number of anilines is 1. The van der Waals surface area contributed by atoms with Crippen molar-refractivity contribution in [2.24, 2.45) is 0 Å². The van der Waals surface area contributed by atoms with E-state index < -0.39 is 0 Å². The van der Waals surface area contributed by atoms with Gasteiger partial charge in [-0.25, -0.2) is 4.98 Å². The van der Waals surface area contributed by atoms with Crippen LogP contribution in [0.25, 0.3) is 10.2 Å². The number of rotatable bonds is 6. The topological polar surface area (TPSA) is 63.5 Å². The number of para-hydroxylation sites is 1. The number of fused-ring (bicyclic) bond motifs is 1. The number of thiazole rings is 1. The lowest BCUT2D eigenvalue weighted by molar-refractivity contribution is -0.902. The molecule has 0 saturated carbocycles. The number of hydrogen-bond donors (Lipinski definition) is 2. The molecule has 1 unspecified atom stereocenters. The van der Waals surface area contributed by atoms with Crippen molar-refractivity contribution < 1.29 is 14.5 Å². The molecule has 2 atom stereocenters. The summed E-state index contributed by atoms with van der Waals surface area (Å²) in [5.41, 5.74) is 2.23. The summed E-state index contributed by atoms with van der Waals surface area (Å²) in [6, 6.07) is 15.2. The van der Waals surface area contributed by atoms with E-state index in [2.05, 4.69) is 23.3 Å². The van der Waals surface area contributed by atoms with E-state index in [9.17, 15) is 9.59 Å². The Kier molecular flexibility index (Phi) is 5.44. The maximum Gasteiger partial charge on any atom is 0.279 e. The molecule has 1 amide bonds. The van der Waals surface area contributed by atoms with Crippen LogP contribution in [-0.2, 0) is 4.79 Å². The predicted octanol–water partition coefficient (Wildman–Crippen LogP) is 2.71. The first-order valence-electron chi connectivity index (χ1n) is 8.52. The number of nitrogens with zero attached hydrogens (tertiary/aromatic N) is 1. The third kappa shape index (κ3) is 4.15. The van der Waals surface area contributed by atoms with Crippen molar-refractivity contribution in [2.75, 3.05) is 18.9 Å². The van der Waals surface area contributed by atoms with Crippen LogP contribution in [0.15, 0.2) is 48.5 Å². The van der Waals surface area contributed by atoms with E-state index in [1.807, 2.05) is 25.2 Å². The highest BCUT2D eigenvalue weighted by Gasteiger charge is 2.22. The van der Waals surface area contributed by atoms with Crippen molar-refractivity contribution in [2.45, 2.75) is 19.9 Å². The van der Waals surface area contributed by atoms with Gasteiger partial charge in [0.2, 0.25) is 0 Å². The van der Waals surface area contributed by atoms with Crippen LogP contribution in [0, 0.1) is 0 Å². The zero-order valence-corrected chi connectivity index (χ0v) is 15.9. The molecule has 0 spiro atoms. The average Bonchev–Trinajstić information content (AvgIpc) is 3.05. The lowest BCUT2D eigenvalue weighted by atomic mass is 10.1. The molecule has 26 heavy (non-hydrogen) atoms. The van der Waals surface area contributed by atoms with Crippen LogP contribution >= 0.6 is 11.3 Å². The average molecular weight is 368 g/mol. The van der Waals surface area contributed by atoms with Gasteiger partial charge in [0.05, 0.1) is 17.3 Å². The minimum absolute atomic E-state index is 0.0201. The number of nitrogens with one attached hydrogen (secondary N) is 2. The number of aromatic nitrogens is 1. The molecule has 0 fully saturated rings. The summed E-state index contributed by atoms with van der Waals surface area (Å²) < 4.78 is 1.16. The number of ketones is 1. The van der Waals surface area contributed by atoms with Crippen molar-refractivity contribution in [1.29, 1.82) is 0 Å². The first-order valence-corrected chi connectivity index (χ1v) is 9.34. The molecule has 0 aliphatic carbocycles. The summed E-state index contributed by atoms with van der Waals surface area (Å²) in [6.45, 7) is 3.91. The number of benzene rings is 2. The van der Waals surface area contributed by atoms with Crippen LogP contribution in [0.2, 0.25) is 0 Å². The normalized spacial score (nSPS) is 13.3. The van der Waals surface area contributed by atoms with E-state index >= 15 is 0 Å². The number of quaternary nitrogens is 1. The van der Waals surface area contributed by atoms with Crippen LogP contribution < -0.4 is 10.2 Å². The molecule has 2 N–H and O–H groups in total. The maximum absolute atomic E-state index is 12.4. The summed E-state index contributed by atoms with van der Waals surface area (Å²) in [7, 11) is 1.99. The number of hydrogen-bond acceptors (Lipinski definition) is 4. The summed E-state index contributed by atoms with van der Waals surface area (Å²) >= 11 is 1.67. The minimum atomic E-state index is -0.0869. The molecule has 134 valence electrons. The molecule has 3 rings (SSSR count). The summed E-state index contributed by atoms with van der Waals surface area (Å²) in [5.74, 6) is -0.107. The van der Waals surface area contributed by atoms with Gasteiger partial charge in [-0.15, -0.1) is 11.3 Å². The SMILES string of the molecule is CC(=O)c1cccc(NC(=O)C[NH+](C)[C@@H](C)c2nc3ccccc3s2)c1. The number of likely N-dealkylation sites (N-methyl/N-ethyl adjacent to an activating group) is 1. The highest BCUT2D eigenvalue weighted by atomic mass is 32.1. The van der Waals surface area contributed by atoms with Crippen molar-refractivity contribution in [3.63, 3.8) is 0 Å². The van der Waals surface area contributed by atoms with Gasteiger partial charge in [-0.05, 0) is 38.1 Å². The molecule has 5 nitrogen and oxygen atoms in total. The van der Waals surface area contributed by atoms with E-state index in [1.165, 1.54) is 6.92 Å². The van der Waals surface area contributed by atoms with Crippen molar-refractivity contribution in [1.82, 2.24) is 4.98 Å². The van der Waals surface area contributed by atoms with E-state index in [0.717, 1.165) is 20.1 Å². The van der Waals surface area contributed by atoms with E-state index in [1.54, 1.807) is 35.6 Å². The van der Waals surface area contributed by atoms with Gasteiger partial charge in [0.15, 0.2) is 17.3 Å². The molecule has 1 heterocycles. The van der Waals surface area contributed by atoms with Crippen molar-refractivity contribution >= 4 is 38.9 Å². The second-order valence-corrected chi connectivity index (χ2v) is 7.51. The fraction of sp³-hybridized carbons (Fsp3) is 0.250. The Labute approximate surface area is 156 Å². The van der Waals surface area contributed by atoms with Crippen LogP contribution in [0.4, 0.5) is 5.69 Å². The smallest absolute Gasteiger partial charge is 0.279 e. The summed E-state index contributed by atoms with van der Waals surface area (Å²) in [6.07, 6.45) is 0. The van der Waals surface area contributed by atoms with E-state index in [-0.39, 0.29) is 17.7 Å². The molecule has 3 aromatic rings. The second kappa shape index (κ2) is 7.76. The quantitative estimate of drug-likeness (QED) is 0.658. The monoisotopic (exact) mass is 368 g/mol. The lowest BCUT2D eigenvalue weighted by Crippen LogP contribution is -3.10. The fourth-order valence-electron chi connectivity index (χ4n) is 2.71. The highest BCUT2D eigenvalue weighted by Crippen LogP contribution is 2.24. The van der Waals surface area contributed by atoms with Crippen LogP contribution in [0.3, 0.4) is 0 Å².